The molecule has 1 amide bonds. The fourth-order valence-electron chi connectivity index (χ4n) is 1.62. The van der Waals surface area contributed by atoms with Crippen LogP contribution in [0.4, 0.5) is 0 Å². The zero-order valence-corrected chi connectivity index (χ0v) is 12.6. The Labute approximate surface area is 119 Å². The standard InChI is InChI=1S/C13H16BrNO2S/c1-8(16)11-5-2-9(14)6-12(11)18-7-13(17)15-10-3-4-10/h2,5-6,8,10,16H,3-4,7H2,1H3,(H,15,17). The molecule has 0 radical (unpaired) electrons. The first-order valence-corrected chi connectivity index (χ1v) is 7.74. The Morgan fingerprint density at radius 1 is 1.61 bits per heavy atom. The number of hydrogen-bond donors (Lipinski definition) is 2. The summed E-state index contributed by atoms with van der Waals surface area (Å²) in [5.74, 6) is 0.464. The molecule has 5 heteroatoms. The van der Waals surface area contributed by atoms with E-state index in [1.54, 1.807) is 6.92 Å². The Hall–Kier alpha value is -0.520. The van der Waals surface area contributed by atoms with Crippen LogP contribution in [0.3, 0.4) is 0 Å². The second-order valence-electron chi connectivity index (χ2n) is 4.49. The molecule has 0 spiro atoms. The maximum atomic E-state index is 11.6. The van der Waals surface area contributed by atoms with E-state index < -0.39 is 6.10 Å². The second kappa shape index (κ2) is 6.08. The topological polar surface area (TPSA) is 49.3 Å². The lowest BCUT2D eigenvalue weighted by Gasteiger charge is -2.12. The predicted octanol–water partition coefficient (Wildman–Crippen LogP) is 2.87. The van der Waals surface area contributed by atoms with Crippen LogP contribution in [0.2, 0.25) is 0 Å². The molecule has 2 N–H and O–H groups in total. The van der Waals surface area contributed by atoms with Gasteiger partial charge in [0.05, 0.1) is 11.9 Å². The number of halogens is 1. The number of hydrogen-bond acceptors (Lipinski definition) is 3. The molecule has 1 saturated carbocycles. The summed E-state index contributed by atoms with van der Waals surface area (Å²) in [5, 5.41) is 12.6. The van der Waals surface area contributed by atoms with Gasteiger partial charge in [0.2, 0.25) is 5.91 Å². The maximum Gasteiger partial charge on any atom is 0.230 e. The number of benzene rings is 1. The van der Waals surface area contributed by atoms with Crippen molar-refractivity contribution in [2.75, 3.05) is 5.75 Å². The lowest BCUT2D eigenvalue weighted by atomic mass is 10.1. The summed E-state index contributed by atoms with van der Waals surface area (Å²) in [6.45, 7) is 1.73. The molecule has 1 aromatic carbocycles. The Morgan fingerprint density at radius 2 is 2.33 bits per heavy atom. The number of aliphatic hydroxyl groups is 1. The van der Waals surface area contributed by atoms with E-state index >= 15 is 0 Å². The third kappa shape index (κ3) is 4.00. The van der Waals surface area contributed by atoms with E-state index in [0.717, 1.165) is 27.8 Å². The summed E-state index contributed by atoms with van der Waals surface area (Å²) < 4.78 is 0.956. The van der Waals surface area contributed by atoms with E-state index in [-0.39, 0.29) is 5.91 Å². The molecule has 98 valence electrons. The number of thioether (sulfide) groups is 1. The molecule has 18 heavy (non-hydrogen) atoms. The van der Waals surface area contributed by atoms with Gasteiger partial charge in [-0.3, -0.25) is 4.79 Å². The van der Waals surface area contributed by atoms with Gasteiger partial charge in [0.15, 0.2) is 0 Å². The van der Waals surface area contributed by atoms with Crippen molar-refractivity contribution in [1.29, 1.82) is 0 Å². The van der Waals surface area contributed by atoms with Crippen LogP contribution in [0.5, 0.6) is 0 Å². The van der Waals surface area contributed by atoms with Gasteiger partial charge in [0.1, 0.15) is 0 Å². The third-order valence-electron chi connectivity index (χ3n) is 2.73. The SMILES string of the molecule is CC(O)c1ccc(Br)cc1SCC(=O)NC1CC1. The van der Waals surface area contributed by atoms with Crippen molar-refractivity contribution in [3.05, 3.63) is 28.2 Å². The number of carbonyl (C=O) groups excluding carboxylic acids is 1. The van der Waals surface area contributed by atoms with Crippen molar-refractivity contribution in [2.24, 2.45) is 0 Å². The largest absolute Gasteiger partial charge is 0.389 e. The summed E-state index contributed by atoms with van der Waals surface area (Å²) in [4.78, 5) is 12.6. The van der Waals surface area contributed by atoms with Crippen molar-refractivity contribution in [3.63, 3.8) is 0 Å². The minimum atomic E-state index is -0.521. The Bertz CT molecular complexity index is 447. The van der Waals surface area contributed by atoms with Crippen LogP contribution in [0, 0.1) is 0 Å². The number of rotatable bonds is 5. The van der Waals surface area contributed by atoms with Crippen LogP contribution in [-0.2, 0) is 4.79 Å². The van der Waals surface area contributed by atoms with Crippen molar-refractivity contribution < 1.29 is 9.90 Å². The quantitative estimate of drug-likeness (QED) is 0.816. The highest BCUT2D eigenvalue weighted by Crippen LogP contribution is 2.30. The molecule has 1 unspecified atom stereocenters. The van der Waals surface area contributed by atoms with Crippen LogP contribution >= 0.6 is 27.7 Å². The van der Waals surface area contributed by atoms with Crippen molar-refractivity contribution in [2.45, 2.75) is 36.8 Å². The molecule has 0 bridgehead atoms. The summed E-state index contributed by atoms with van der Waals surface area (Å²) in [6, 6.07) is 6.13. The molecule has 0 heterocycles. The van der Waals surface area contributed by atoms with Gasteiger partial charge in [-0.05, 0) is 37.5 Å². The zero-order valence-electron chi connectivity index (χ0n) is 10.1. The van der Waals surface area contributed by atoms with Crippen LogP contribution in [-0.4, -0.2) is 22.8 Å². The minimum Gasteiger partial charge on any atom is -0.389 e. The molecule has 0 aliphatic heterocycles. The molecular weight excluding hydrogens is 314 g/mol. The number of aliphatic hydroxyl groups excluding tert-OH is 1. The fraction of sp³-hybridized carbons (Fsp3) is 0.462. The molecule has 0 aromatic heterocycles. The first-order valence-electron chi connectivity index (χ1n) is 5.96. The lowest BCUT2D eigenvalue weighted by Crippen LogP contribution is -2.27. The molecule has 1 atom stereocenters. The van der Waals surface area contributed by atoms with E-state index in [9.17, 15) is 9.90 Å². The smallest absolute Gasteiger partial charge is 0.230 e. The fourth-order valence-corrected chi connectivity index (χ4v) is 3.12. The molecule has 1 fully saturated rings. The Morgan fingerprint density at radius 3 is 2.94 bits per heavy atom. The van der Waals surface area contributed by atoms with Crippen LogP contribution in [0.25, 0.3) is 0 Å². The Balaban J connectivity index is 1.98. The normalized spacial score (nSPS) is 16.4. The van der Waals surface area contributed by atoms with Gasteiger partial charge >= 0.3 is 0 Å². The van der Waals surface area contributed by atoms with Gasteiger partial charge in [-0.15, -0.1) is 11.8 Å². The molecule has 1 aromatic rings. The highest BCUT2D eigenvalue weighted by atomic mass is 79.9. The van der Waals surface area contributed by atoms with Gasteiger partial charge in [-0.25, -0.2) is 0 Å². The molecular formula is C13H16BrNO2S. The summed E-state index contributed by atoms with van der Waals surface area (Å²) >= 11 is 4.87. The molecule has 3 nitrogen and oxygen atoms in total. The minimum absolute atomic E-state index is 0.0685. The zero-order chi connectivity index (χ0) is 13.1. The van der Waals surface area contributed by atoms with Gasteiger partial charge in [0.25, 0.3) is 0 Å². The average molecular weight is 330 g/mol. The number of nitrogens with one attached hydrogen (secondary N) is 1. The van der Waals surface area contributed by atoms with E-state index in [4.69, 9.17) is 0 Å². The average Bonchev–Trinajstić information content (AvgIpc) is 3.10. The monoisotopic (exact) mass is 329 g/mol. The van der Waals surface area contributed by atoms with Gasteiger partial charge in [-0.1, -0.05) is 22.0 Å². The van der Waals surface area contributed by atoms with Crippen LogP contribution in [0.15, 0.2) is 27.6 Å². The van der Waals surface area contributed by atoms with E-state index in [1.165, 1.54) is 11.8 Å². The van der Waals surface area contributed by atoms with Crippen molar-refractivity contribution >= 4 is 33.6 Å². The van der Waals surface area contributed by atoms with Crippen molar-refractivity contribution in [3.8, 4) is 0 Å². The van der Waals surface area contributed by atoms with Gasteiger partial charge in [-0.2, -0.15) is 0 Å². The highest BCUT2D eigenvalue weighted by molar-refractivity contribution is 9.10. The van der Waals surface area contributed by atoms with Crippen LogP contribution in [0.1, 0.15) is 31.4 Å². The summed E-state index contributed by atoms with van der Waals surface area (Å²) in [6.07, 6.45) is 1.69. The van der Waals surface area contributed by atoms with Crippen molar-refractivity contribution in [1.82, 2.24) is 5.32 Å². The molecule has 1 aliphatic rings. The number of amides is 1. The first-order chi connectivity index (χ1) is 8.56. The maximum absolute atomic E-state index is 11.6. The molecule has 2 rings (SSSR count). The third-order valence-corrected chi connectivity index (χ3v) is 4.29. The Kier molecular flexibility index (Phi) is 4.70. The van der Waals surface area contributed by atoms with Gasteiger partial charge < -0.3 is 10.4 Å². The summed E-state index contributed by atoms with van der Waals surface area (Å²) in [5.41, 5.74) is 0.863. The predicted molar refractivity (Wildman–Crippen MR) is 76.7 cm³/mol. The summed E-state index contributed by atoms with van der Waals surface area (Å²) in [7, 11) is 0. The van der Waals surface area contributed by atoms with E-state index in [2.05, 4.69) is 21.2 Å². The highest BCUT2D eigenvalue weighted by Gasteiger charge is 2.23. The van der Waals surface area contributed by atoms with Crippen LogP contribution < -0.4 is 5.32 Å². The van der Waals surface area contributed by atoms with E-state index in [0.29, 0.717) is 11.8 Å². The van der Waals surface area contributed by atoms with Gasteiger partial charge in [0, 0.05) is 15.4 Å². The van der Waals surface area contributed by atoms with E-state index in [1.807, 2.05) is 18.2 Å². The lowest BCUT2D eigenvalue weighted by molar-refractivity contribution is -0.118. The second-order valence-corrected chi connectivity index (χ2v) is 6.42. The molecule has 1 aliphatic carbocycles. The first kappa shape index (κ1) is 13.9. The number of carbonyl (C=O) groups is 1. The molecule has 0 saturated heterocycles.